The quantitative estimate of drug-likeness (QED) is 0.168. The maximum absolute atomic E-state index is 12.3. The lowest BCUT2D eigenvalue weighted by molar-refractivity contribution is -0.136. The van der Waals surface area contributed by atoms with Gasteiger partial charge < -0.3 is 20.1 Å². The number of carbonyl (C=O) groups excluding carboxylic acids is 3. The van der Waals surface area contributed by atoms with Crippen LogP contribution in [0.3, 0.4) is 0 Å². The second-order valence-electron chi connectivity index (χ2n) is 7.77. The van der Waals surface area contributed by atoms with Gasteiger partial charge in [0.1, 0.15) is 0 Å². The largest absolute Gasteiger partial charge is 0.490 e. The van der Waals surface area contributed by atoms with Crippen molar-refractivity contribution >= 4 is 62.8 Å². The zero-order valence-corrected chi connectivity index (χ0v) is 23.1. The van der Waals surface area contributed by atoms with Gasteiger partial charge in [0.05, 0.1) is 17.3 Å². The van der Waals surface area contributed by atoms with Crippen LogP contribution in [0, 0.1) is 0 Å². The number of ether oxygens (including phenoxy) is 2. The molecule has 0 aliphatic carbocycles. The first-order chi connectivity index (χ1) is 18.3. The van der Waals surface area contributed by atoms with E-state index in [0.29, 0.717) is 51.0 Å². The van der Waals surface area contributed by atoms with Gasteiger partial charge in [0, 0.05) is 16.4 Å². The molecule has 0 fully saturated rings. The van der Waals surface area contributed by atoms with E-state index in [-0.39, 0.29) is 12.5 Å². The molecule has 0 saturated carbocycles. The first-order valence-corrected chi connectivity index (χ1v) is 12.8. The predicted octanol–water partition coefficient (Wildman–Crippen LogP) is 5.17. The number of anilines is 2. The normalized spacial score (nSPS) is 10.6. The number of benzene rings is 3. The molecule has 0 aliphatic heterocycles. The Morgan fingerprint density at radius 2 is 1.76 bits per heavy atom. The maximum atomic E-state index is 12.3. The van der Waals surface area contributed by atoms with Crippen molar-refractivity contribution in [1.82, 2.24) is 5.43 Å². The Morgan fingerprint density at radius 3 is 2.50 bits per heavy atom. The minimum absolute atomic E-state index is 0.273. The molecule has 3 rings (SSSR count). The van der Waals surface area contributed by atoms with E-state index in [0.717, 1.165) is 5.56 Å². The molecular weight excluding hydrogens is 576 g/mol. The Kier molecular flexibility index (Phi) is 10.7. The van der Waals surface area contributed by atoms with Gasteiger partial charge in [-0.2, -0.15) is 5.10 Å². The first-order valence-electron chi connectivity index (χ1n) is 11.7. The second-order valence-corrected chi connectivity index (χ2v) is 9.06. The van der Waals surface area contributed by atoms with Crippen LogP contribution in [0.5, 0.6) is 11.5 Å². The van der Waals surface area contributed by atoms with Crippen molar-refractivity contribution < 1.29 is 23.9 Å². The van der Waals surface area contributed by atoms with Gasteiger partial charge in [0.25, 0.3) is 5.91 Å². The number of nitrogens with one attached hydrogen (secondary N) is 3. The summed E-state index contributed by atoms with van der Waals surface area (Å²) in [6.45, 7) is 3.83. The van der Waals surface area contributed by atoms with Gasteiger partial charge in [0.15, 0.2) is 18.1 Å². The second kappa shape index (κ2) is 14.2. The van der Waals surface area contributed by atoms with E-state index in [9.17, 15) is 14.4 Å². The Bertz CT molecular complexity index is 1350. The zero-order valence-electron chi connectivity index (χ0n) is 20.7. The zero-order chi connectivity index (χ0) is 27.5. The van der Waals surface area contributed by atoms with E-state index in [4.69, 9.17) is 21.1 Å². The molecule has 0 unspecified atom stereocenters. The molecule has 3 aromatic rings. The number of hydrogen-bond acceptors (Lipinski definition) is 6. The summed E-state index contributed by atoms with van der Waals surface area (Å²) in [5.74, 6) is -1.45. The minimum Gasteiger partial charge on any atom is -0.490 e. The van der Waals surface area contributed by atoms with Gasteiger partial charge in [-0.3, -0.25) is 14.4 Å². The van der Waals surface area contributed by atoms with Crippen LogP contribution in [0.2, 0.25) is 5.02 Å². The molecule has 0 spiro atoms. The van der Waals surface area contributed by atoms with Crippen molar-refractivity contribution in [3.63, 3.8) is 0 Å². The molecule has 3 aromatic carbocycles. The summed E-state index contributed by atoms with van der Waals surface area (Å²) in [4.78, 5) is 36.8. The van der Waals surface area contributed by atoms with Gasteiger partial charge in [-0.25, -0.2) is 5.43 Å². The number of hydrazone groups is 1. The molecule has 9 nitrogen and oxygen atoms in total. The SMILES string of the molecule is CCOc1cc(/C=N\NC(=O)C(=O)Nc2ccccc2CC)cc(Br)c1OCC(=O)Nc1cccc(Cl)c1. The average molecular weight is 602 g/mol. The highest BCUT2D eigenvalue weighted by Gasteiger charge is 2.16. The third-order valence-corrected chi connectivity index (χ3v) is 5.84. The van der Waals surface area contributed by atoms with Gasteiger partial charge in [0.2, 0.25) is 0 Å². The Hall–Kier alpha value is -3.89. The van der Waals surface area contributed by atoms with Gasteiger partial charge in [-0.05, 0) is 76.8 Å². The standard InChI is InChI=1S/C27H26BrClN4O5/c1-3-18-8-5-6-11-22(18)32-26(35)27(36)33-30-15-17-12-21(28)25(23(13-17)37-4-2)38-16-24(34)31-20-10-7-9-19(29)14-20/h5-15H,3-4,16H2,1-2H3,(H,31,34)(H,32,35)(H,33,36)/b30-15-. The van der Waals surface area contributed by atoms with E-state index >= 15 is 0 Å². The van der Waals surface area contributed by atoms with Crippen molar-refractivity contribution in [2.75, 3.05) is 23.8 Å². The number of amides is 3. The molecule has 0 bridgehead atoms. The lowest BCUT2D eigenvalue weighted by Crippen LogP contribution is -2.32. The fourth-order valence-electron chi connectivity index (χ4n) is 3.31. The summed E-state index contributed by atoms with van der Waals surface area (Å²) in [5, 5.41) is 9.66. The van der Waals surface area contributed by atoms with E-state index in [2.05, 4.69) is 37.1 Å². The first kappa shape index (κ1) is 28.7. The summed E-state index contributed by atoms with van der Waals surface area (Å²) in [7, 11) is 0. The highest BCUT2D eigenvalue weighted by Crippen LogP contribution is 2.36. The fourth-order valence-corrected chi connectivity index (χ4v) is 4.08. The lowest BCUT2D eigenvalue weighted by atomic mass is 10.1. The third kappa shape index (κ3) is 8.32. The molecule has 38 heavy (non-hydrogen) atoms. The molecule has 0 aliphatic rings. The maximum Gasteiger partial charge on any atom is 0.329 e. The molecule has 3 N–H and O–H groups in total. The Labute approximate surface area is 233 Å². The summed E-state index contributed by atoms with van der Waals surface area (Å²) < 4.78 is 11.9. The number of aryl methyl sites for hydroxylation is 1. The van der Waals surface area contributed by atoms with E-state index in [1.165, 1.54) is 6.21 Å². The molecule has 11 heteroatoms. The molecule has 0 radical (unpaired) electrons. The number of rotatable bonds is 10. The summed E-state index contributed by atoms with van der Waals surface area (Å²) in [6.07, 6.45) is 2.06. The van der Waals surface area contributed by atoms with Crippen LogP contribution in [-0.2, 0) is 20.8 Å². The van der Waals surface area contributed by atoms with Crippen molar-refractivity contribution in [1.29, 1.82) is 0 Å². The van der Waals surface area contributed by atoms with Crippen molar-refractivity contribution in [3.8, 4) is 11.5 Å². The van der Waals surface area contributed by atoms with Gasteiger partial charge in [-0.15, -0.1) is 0 Å². The van der Waals surface area contributed by atoms with E-state index < -0.39 is 11.8 Å². The smallest absolute Gasteiger partial charge is 0.329 e. The third-order valence-electron chi connectivity index (χ3n) is 5.02. The van der Waals surface area contributed by atoms with Crippen LogP contribution in [0.15, 0.2) is 70.2 Å². The average Bonchev–Trinajstić information content (AvgIpc) is 2.88. The molecule has 0 aromatic heterocycles. The highest BCUT2D eigenvalue weighted by molar-refractivity contribution is 9.10. The summed E-state index contributed by atoms with van der Waals surface area (Å²) in [5.41, 5.74) is 4.79. The summed E-state index contributed by atoms with van der Waals surface area (Å²) in [6, 6.07) is 17.3. The van der Waals surface area contributed by atoms with Crippen molar-refractivity contribution in [2.45, 2.75) is 20.3 Å². The minimum atomic E-state index is -0.915. The number of carbonyl (C=O) groups is 3. The van der Waals surface area contributed by atoms with Crippen LogP contribution in [0.1, 0.15) is 25.0 Å². The molecule has 198 valence electrons. The lowest BCUT2D eigenvalue weighted by Gasteiger charge is -2.14. The highest BCUT2D eigenvalue weighted by atomic mass is 79.9. The number of nitrogens with zero attached hydrogens (tertiary/aromatic N) is 1. The number of hydrogen-bond donors (Lipinski definition) is 3. The van der Waals surface area contributed by atoms with E-state index in [1.807, 2.05) is 19.1 Å². The van der Waals surface area contributed by atoms with Crippen LogP contribution >= 0.6 is 27.5 Å². The molecule has 0 heterocycles. The number of halogens is 2. The monoisotopic (exact) mass is 600 g/mol. The Balaban J connectivity index is 1.62. The molecule has 0 saturated heterocycles. The molecule has 3 amide bonds. The van der Waals surface area contributed by atoms with Gasteiger partial charge >= 0.3 is 11.8 Å². The van der Waals surface area contributed by atoms with E-state index in [1.54, 1.807) is 55.5 Å². The summed E-state index contributed by atoms with van der Waals surface area (Å²) >= 11 is 9.37. The van der Waals surface area contributed by atoms with Crippen LogP contribution in [-0.4, -0.2) is 37.1 Å². The fraction of sp³-hybridized carbons (Fsp3) is 0.185. The Morgan fingerprint density at radius 1 is 0.974 bits per heavy atom. The number of para-hydroxylation sites is 1. The topological polar surface area (TPSA) is 118 Å². The molecule has 0 atom stereocenters. The van der Waals surface area contributed by atoms with Crippen LogP contribution in [0.25, 0.3) is 0 Å². The van der Waals surface area contributed by atoms with Crippen molar-refractivity contribution in [3.05, 3.63) is 81.3 Å². The van der Waals surface area contributed by atoms with Crippen molar-refractivity contribution in [2.24, 2.45) is 5.10 Å². The van der Waals surface area contributed by atoms with Crippen LogP contribution in [0.4, 0.5) is 11.4 Å². The van der Waals surface area contributed by atoms with Gasteiger partial charge in [-0.1, -0.05) is 42.8 Å². The van der Waals surface area contributed by atoms with Crippen LogP contribution < -0.4 is 25.5 Å². The predicted molar refractivity (Wildman–Crippen MR) is 151 cm³/mol. The molecular formula is C27H26BrClN4O5.